The summed E-state index contributed by atoms with van der Waals surface area (Å²) in [5.74, 6) is 0.0290. The van der Waals surface area contributed by atoms with Gasteiger partial charge in [0.25, 0.3) is 0 Å². The highest BCUT2D eigenvalue weighted by molar-refractivity contribution is 5.75. The zero-order chi connectivity index (χ0) is 13.2. The highest BCUT2D eigenvalue weighted by atomic mass is 16.5. The molecule has 2 N–H and O–H groups in total. The quantitative estimate of drug-likeness (QED) is 0.617. The van der Waals surface area contributed by atoms with Crippen LogP contribution in [0.15, 0.2) is 19.0 Å². The Bertz CT molecular complexity index is 376. The van der Waals surface area contributed by atoms with E-state index in [1.165, 1.54) is 0 Å². The summed E-state index contributed by atoms with van der Waals surface area (Å²) in [5, 5.41) is 10.0. The second-order valence-electron chi connectivity index (χ2n) is 3.78. The van der Waals surface area contributed by atoms with Crippen molar-refractivity contribution < 1.29 is 9.53 Å². The first-order chi connectivity index (χ1) is 8.76. The minimum absolute atomic E-state index is 0.0290. The molecule has 0 saturated carbocycles. The number of aromatic nitrogens is 2. The molecule has 0 spiro atoms. The summed E-state index contributed by atoms with van der Waals surface area (Å²) < 4.78 is 6.49. The molecule has 0 aliphatic carbocycles. The molecule has 0 bridgehead atoms. The van der Waals surface area contributed by atoms with Crippen LogP contribution >= 0.6 is 0 Å². The SMILES string of the molecule is C=Cn1cc(CNCCC(=O)NCCOC)cn1. The Labute approximate surface area is 107 Å². The van der Waals surface area contributed by atoms with Crippen molar-refractivity contribution in [3.8, 4) is 0 Å². The van der Waals surface area contributed by atoms with E-state index >= 15 is 0 Å². The molecule has 6 nitrogen and oxygen atoms in total. The lowest BCUT2D eigenvalue weighted by Crippen LogP contribution is -2.29. The Morgan fingerprint density at radius 2 is 2.44 bits per heavy atom. The first-order valence-electron chi connectivity index (χ1n) is 5.88. The van der Waals surface area contributed by atoms with Crippen molar-refractivity contribution in [2.75, 3.05) is 26.8 Å². The van der Waals surface area contributed by atoms with Gasteiger partial charge in [0.05, 0.1) is 12.8 Å². The van der Waals surface area contributed by atoms with Crippen molar-refractivity contribution in [2.45, 2.75) is 13.0 Å². The smallest absolute Gasteiger partial charge is 0.221 e. The minimum atomic E-state index is 0.0290. The maximum atomic E-state index is 11.3. The fourth-order valence-corrected chi connectivity index (χ4v) is 1.38. The molecule has 0 saturated heterocycles. The average Bonchev–Trinajstić information content (AvgIpc) is 2.83. The molecule has 100 valence electrons. The van der Waals surface area contributed by atoms with Crippen LogP contribution in [0.5, 0.6) is 0 Å². The van der Waals surface area contributed by atoms with E-state index < -0.39 is 0 Å². The maximum Gasteiger partial charge on any atom is 0.221 e. The molecule has 1 aromatic heterocycles. The molecule has 6 heteroatoms. The van der Waals surface area contributed by atoms with E-state index in [0.29, 0.717) is 32.7 Å². The van der Waals surface area contributed by atoms with Gasteiger partial charge in [0, 0.05) is 51.1 Å². The standard InChI is InChI=1S/C12H20N4O2/c1-3-16-10-11(9-15-16)8-13-5-4-12(17)14-6-7-18-2/h3,9-10,13H,1,4-8H2,2H3,(H,14,17). The number of hydrogen-bond donors (Lipinski definition) is 2. The molecule has 0 unspecified atom stereocenters. The number of amides is 1. The Balaban J connectivity index is 2.07. The lowest BCUT2D eigenvalue weighted by atomic mass is 10.3. The second-order valence-corrected chi connectivity index (χ2v) is 3.78. The molecule has 0 fully saturated rings. The Morgan fingerprint density at radius 1 is 1.61 bits per heavy atom. The van der Waals surface area contributed by atoms with Crippen LogP contribution < -0.4 is 10.6 Å². The van der Waals surface area contributed by atoms with E-state index in [1.54, 1.807) is 24.2 Å². The maximum absolute atomic E-state index is 11.3. The Hall–Kier alpha value is -1.66. The normalized spacial score (nSPS) is 10.3. The van der Waals surface area contributed by atoms with Crippen molar-refractivity contribution in [2.24, 2.45) is 0 Å². The molecule has 0 aromatic carbocycles. The Morgan fingerprint density at radius 3 is 3.11 bits per heavy atom. The number of hydrogen-bond acceptors (Lipinski definition) is 4. The second kappa shape index (κ2) is 8.43. The molecule has 0 radical (unpaired) electrons. The number of carbonyl (C=O) groups excluding carboxylic acids is 1. The van der Waals surface area contributed by atoms with Crippen LogP contribution in [0, 0.1) is 0 Å². The first-order valence-corrected chi connectivity index (χ1v) is 5.88. The molecular weight excluding hydrogens is 232 g/mol. The number of carbonyl (C=O) groups is 1. The first kappa shape index (κ1) is 14.4. The Kier molecular flexibility index (Phi) is 6.75. The van der Waals surface area contributed by atoms with Gasteiger partial charge in [-0.2, -0.15) is 5.10 Å². The summed E-state index contributed by atoms with van der Waals surface area (Å²) in [6.07, 6.45) is 5.75. The van der Waals surface area contributed by atoms with Crippen molar-refractivity contribution in [1.29, 1.82) is 0 Å². The zero-order valence-electron chi connectivity index (χ0n) is 10.7. The van der Waals surface area contributed by atoms with E-state index in [2.05, 4.69) is 22.3 Å². The molecule has 18 heavy (non-hydrogen) atoms. The van der Waals surface area contributed by atoms with E-state index in [9.17, 15) is 4.79 Å². The third-order valence-electron chi connectivity index (χ3n) is 2.33. The van der Waals surface area contributed by atoms with Gasteiger partial charge in [-0.1, -0.05) is 6.58 Å². The highest BCUT2D eigenvalue weighted by Gasteiger charge is 2.00. The van der Waals surface area contributed by atoms with E-state index in [4.69, 9.17) is 4.74 Å². The van der Waals surface area contributed by atoms with Crippen LogP contribution in [0.4, 0.5) is 0 Å². The van der Waals surface area contributed by atoms with E-state index in [1.807, 2.05) is 6.20 Å². The van der Waals surface area contributed by atoms with Crippen molar-refractivity contribution in [3.05, 3.63) is 24.5 Å². The highest BCUT2D eigenvalue weighted by Crippen LogP contribution is 1.96. The molecule has 1 amide bonds. The van der Waals surface area contributed by atoms with E-state index in [0.717, 1.165) is 5.56 Å². The van der Waals surface area contributed by atoms with Crippen LogP contribution in [-0.4, -0.2) is 42.5 Å². The number of ether oxygens (including phenoxy) is 1. The number of methoxy groups -OCH3 is 1. The summed E-state index contributed by atoms with van der Waals surface area (Å²) in [5.41, 5.74) is 1.06. The van der Waals surface area contributed by atoms with Gasteiger partial charge < -0.3 is 15.4 Å². The number of rotatable bonds is 9. The number of nitrogens with zero attached hydrogens (tertiary/aromatic N) is 2. The van der Waals surface area contributed by atoms with Gasteiger partial charge in [0.1, 0.15) is 0 Å². The number of nitrogens with one attached hydrogen (secondary N) is 2. The molecule has 0 atom stereocenters. The minimum Gasteiger partial charge on any atom is -0.383 e. The zero-order valence-corrected chi connectivity index (χ0v) is 10.7. The van der Waals surface area contributed by atoms with Crippen LogP contribution in [0.3, 0.4) is 0 Å². The monoisotopic (exact) mass is 252 g/mol. The fourth-order valence-electron chi connectivity index (χ4n) is 1.38. The molecular formula is C12H20N4O2. The van der Waals surface area contributed by atoms with E-state index in [-0.39, 0.29) is 5.91 Å². The van der Waals surface area contributed by atoms with Gasteiger partial charge in [0.15, 0.2) is 0 Å². The summed E-state index contributed by atoms with van der Waals surface area (Å²) in [6.45, 7) is 6.05. The van der Waals surface area contributed by atoms with Crippen molar-refractivity contribution >= 4 is 12.1 Å². The van der Waals surface area contributed by atoms with Gasteiger partial charge in [-0.15, -0.1) is 0 Å². The third-order valence-corrected chi connectivity index (χ3v) is 2.33. The van der Waals surface area contributed by atoms with Crippen molar-refractivity contribution in [1.82, 2.24) is 20.4 Å². The molecule has 1 rings (SSSR count). The van der Waals surface area contributed by atoms with Crippen LogP contribution in [-0.2, 0) is 16.1 Å². The molecule has 1 heterocycles. The lowest BCUT2D eigenvalue weighted by Gasteiger charge is -2.05. The summed E-state index contributed by atoms with van der Waals surface area (Å²) in [6, 6.07) is 0. The topological polar surface area (TPSA) is 68.2 Å². The summed E-state index contributed by atoms with van der Waals surface area (Å²) >= 11 is 0. The van der Waals surface area contributed by atoms with Crippen LogP contribution in [0.1, 0.15) is 12.0 Å². The van der Waals surface area contributed by atoms with Gasteiger partial charge in [-0.05, 0) is 0 Å². The van der Waals surface area contributed by atoms with Crippen LogP contribution in [0.25, 0.3) is 6.20 Å². The summed E-state index contributed by atoms with van der Waals surface area (Å²) in [7, 11) is 1.61. The molecule has 0 aliphatic rings. The fraction of sp³-hybridized carbons (Fsp3) is 0.500. The van der Waals surface area contributed by atoms with Crippen LogP contribution in [0.2, 0.25) is 0 Å². The van der Waals surface area contributed by atoms with Gasteiger partial charge in [-0.25, -0.2) is 4.68 Å². The predicted octanol–water partition coefficient (Wildman–Crippen LogP) is 0.226. The van der Waals surface area contributed by atoms with Gasteiger partial charge in [0.2, 0.25) is 5.91 Å². The molecule has 0 aliphatic heterocycles. The average molecular weight is 252 g/mol. The van der Waals surface area contributed by atoms with Crippen molar-refractivity contribution in [3.63, 3.8) is 0 Å². The predicted molar refractivity (Wildman–Crippen MR) is 69.8 cm³/mol. The summed E-state index contributed by atoms with van der Waals surface area (Å²) in [4.78, 5) is 11.3. The van der Waals surface area contributed by atoms with Gasteiger partial charge in [-0.3, -0.25) is 4.79 Å². The largest absolute Gasteiger partial charge is 0.383 e. The third kappa shape index (κ3) is 5.60. The molecule has 1 aromatic rings. The lowest BCUT2D eigenvalue weighted by molar-refractivity contribution is -0.121. The van der Waals surface area contributed by atoms with Gasteiger partial charge >= 0.3 is 0 Å².